The highest BCUT2D eigenvalue weighted by Gasteiger charge is 2.82. The van der Waals surface area contributed by atoms with Gasteiger partial charge in [0.2, 0.25) is 24.0 Å². The van der Waals surface area contributed by atoms with Crippen LogP contribution in [-0.2, 0) is 29.8 Å². The predicted molar refractivity (Wildman–Crippen MR) is 159 cm³/mol. The van der Waals surface area contributed by atoms with Gasteiger partial charge in [0, 0.05) is 36.0 Å². The molecule has 10 heteroatoms. The summed E-state index contributed by atoms with van der Waals surface area (Å²) in [5.74, 6) is -0.192. The van der Waals surface area contributed by atoms with Crippen LogP contribution in [0.15, 0.2) is 24.3 Å². The molecule has 2 aliphatic rings. The fourth-order valence-electron chi connectivity index (χ4n) is 5.69. The molecule has 8 nitrogen and oxygen atoms in total. The molecule has 2 N–H and O–H groups in total. The molecule has 2 atom stereocenters. The van der Waals surface area contributed by atoms with Gasteiger partial charge in [-0.05, 0) is 55.6 Å². The number of nitrogens with one attached hydrogen (secondary N) is 1. The Morgan fingerprint density at radius 3 is 2.48 bits per heavy atom. The van der Waals surface area contributed by atoms with E-state index in [0.29, 0.717) is 32.8 Å². The summed E-state index contributed by atoms with van der Waals surface area (Å²) in [6.07, 6.45) is 2.84. The highest BCUT2D eigenvalue weighted by Crippen LogP contribution is 2.69. The molecule has 40 heavy (non-hydrogen) atoms. The van der Waals surface area contributed by atoms with E-state index >= 15 is 0 Å². The molecule has 0 bridgehead atoms. The third-order valence-electron chi connectivity index (χ3n) is 8.88. The summed E-state index contributed by atoms with van der Waals surface area (Å²) in [6, 6.07) is 8.82. The standard InChI is InChI=1S/C30H51NO7Si2/c1-26(2,3)40(8,9)36-24-15-12-14-23(20-24)29-30(38-37-29,28(6,7)22-35-29)27(4,5)21-34-18-11-10-16-25(32)31-17-13-19-39-33/h12,14-15,20,33H,10-11,13,16-19,21-22H2,1-9H3,(H,31,32). The maximum atomic E-state index is 12.0. The minimum absolute atomic E-state index is 0.0508. The summed E-state index contributed by atoms with van der Waals surface area (Å²) in [7, 11) is -2.09. The maximum absolute atomic E-state index is 12.0. The summed E-state index contributed by atoms with van der Waals surface area (Å²) >= 11 is 0. The van der Waals surface area contributed by atoms with Gasteiger partial charge >= 0.3 is 0 Å². The van der Waals surface area contributed by atoms with Gasteiger partial charge in [0.25, 0.3) is 5.79 Å². The van der Waals surface area contributed by atoms with Crippen LogP contribution in [0.1, 0.15) is 79.7 Å². The Hall–Kier alpha value is -1.28. The number of carbonyl (C=O) groups is 1. The number of rotatable bonds is 15. The normalized spacial score (nSPS) is 24.4. The molecule has 1 aromatic rings. The van der Waals surface area contributed by atoms with Crippen LogP contribution in [0.4, 0.5) is 0 Å². The van der Waals surface area contributed by atoms with Crippen LogP contribution in [0, 0.1) is 10.8 Å². The molecule has 1 amide bonds. The van der Waals surface area contributed by atoms with Gasteiger partial charge in [-0.25, -0.2) is 4.89 Å². The van der Waals surface area contributed by atoms with E-state index < -0.39 is 25.1 Å². The Bertz CT molecular complexity index is 1010. The highest BCUT2D eigenvalue weighted by molar-refractivity contribution is 6.74. The molecule has 2 fully saturated rings. The van der Waals surface area contributed by atoms with Crippen molar-refractivity contribution in [3.63, 3.8) is 0 Å². The lowest BCUT2D eigenvalue weighted by Gasteiger charge is -2.61. The van der Waals surface area contributed by atoms with E-state index in [0.717, 1.165) is 36.6 Å². The number of hydrogen-bond acceptors (Lipinski definition) is 7. The first-order chi connectivity index (χ1) is 18.6. The molecule has 226 valence electrons. The van der Waals surface area contributed by atoms with E-state index in [4.69, 9.17) is 28.5 Å². The molecule has 2 saturated heterocycles. The summed E-state index contributed by atoms with van der Waals surface area (Å²) < 4.78 is 19.3. The van der Waals surface area contributed by atoms with Crippen molar-refractivity contribution in [2.75, 3.05) is 26.4 Å². The fraction of sp³-hybridized carbons (Fsp3) is 0.767. The SMILES string of the molecule is CC(C)(COCCCCC(=O)NCCC[Si]O)C12OOC1(c1cccc(O[Si](C)(C)C(C)(C)C)c1)OCC2(C)C. The molecule has 1 aromatic carbocycles. The number of unbranched alkanes of at least 4 members (excludes halogenated alkanes) is 1. The van der Waals surface area contributed by atoms with Gasteiger partial charge in [0.05, 0.1) is 13.2 Å². The Morgan fingerprint density at radius 2 is 1.85 bits per heavy atom. The van der Waals surface area contributed by atoms with Crippen molar-refractivity contribution in [3.05, 3.63) is 29.8 Å². The second-order valence-electron chi connectivity index (χ2n) is 14.0. The third-order valence-corrected chi connectivity index (χ3v) is 13.8. The Morgan fingerprint density at radius 1 is 1.12 bits per heavy atom. The van der Waals surface area contributed by atoms with Crippen LogP contribution >= 0.6 is 0 Å². The third kappa shape index (κ3) is 6.38. The van der Waals surface area contributed by atoms with Gasteiger partial charge in [-0.2, -0.15) is 4.89 Å². The Balaban J connectivity index is 1.66. The molecule has 0 aliphatic carbocycles. The second kappa shape index (κ2) is 12.5. The summed E-state index contributed by atoms with van der Waals surface area (Å²) in [6.45, 7) is 21.9. The minimum Gasteiger partial charge on any atom is -0.543 e. The van der Waals surface area contributed by atoms with Gasteiger partial charge in [0.15, 0.2) is 5.60 Å². The molecular formula is C30H51NO7Si2. The molecule has 3 rings (SSSR count). The number of fused-ring (bicyclic) bond motifs is 1. The smallest absolute Gasteiger partial charge is 0.261 e. The molecule has 0 saturated carbocycles. The first kappa shape index (κ1) is 33.2. The van der Waals surface area contributed by atoms with Crippen LogP contribution in [0.2, 0.25) is 24.2 Å². The van der Waals surface area contributed by atoms with Crippen molar-refractivity contribution in [2.45, 2.75) is 110 Å². The fourth-order valence-corrected chi connectivity index (χ4v) is 7.05. The summed E-state index contributed by atoms with van der Waals surface area (Å²) in [4.78, 5) is 32.9. The second-order valence-corrected chi connectivity index (χ2v) is 19.6. The molecule has 0 aromatic heterocycles. The molecule has 2 aliphatic heterocycles. The van der Waals surface area contributed by atoms with Gasteiger partial charge in [-0.1, -0.05) is 60.6 Å². The average molecular weight is 594 g/mol. The van der Waals surface area contributed by atoms with Crippen LogP contribution in [0.5, 0.6) is 5.75 Å². The van der Waals surface area contributed by atoms with E-state index in [1.165, 1.54) is 0 Å². The van der Waals surface area contributed by atoms with Gasteiger partial charge in [-0.3, -0.25) is 4.79 Å². The molecule has 0 spiro atoms. The zero-order chi connectivity index (χ0) is 29.9. The van der Waals surface area contributed by atoms with E-state index in [2.05, 4.69) is 66.9 Å². The Labute approximate surface area is 244 Å². The predicted octanol–water partition coefficient (Wildman–Crippen LogP) is 5.73. The van der Waals surface area contributed by atoms with E-state index in [1.807, 2.05) is 24.3 Å². The minimum atomic E-state index is -2.03. The topological polar surface area (TPSA) is 95.5 Å². The maximum Gasteiger partial charge on any atom is 0.261 e. The van der Waals surface area contributed by atoms with Gasteiger partial charge in [-0.15, -0.1) is 0 Å². The van der Waals surface area contributed by atoms with E-state index in [9.17, 15) is 4.79 Å². The summed E-state index contributed by atoms with van der Waals surface area (Å²) in [5, 5.41) is 2.98. The monoisotopic (exact) mass is 593 g/mol. The number of benzene rings is 1. The highest BCUT2D eigenvalue weighted by atomic mass is 28.4. The van der Waals surface area contributed by atoms with Crippen molar-refractivity contribution in [3.8, 4) is 5.75 Å². The average Bonchev–Trinajstić information content (AvgIpc) is 2.99. The van der Waals surface area contributed by atoms with Gasteiger partial charge in [0.1, 0.15) is 5.75 Å². The molecule has 2 radical (unpaired) electrons. The first-order valence-electron chi connectivity index (χ1n) is 14.6. The van der Waals surface area contributed by atoms with Crippen LogP contribution in [0.3, 0.4) is 0 Å². The van der Waals surface area contributed by atoms with Crippen LogP contribution < -0.4 is 9.74 Å². The number of carbonyl (C=O) groups excluding carboxylic acids is 1. The van der Waals surface area contributed by atoms with Crippen LogP contribution in [0.25, 0.3) is 0 Å². The van der Waals surface area contributed by atoms with Crippen molar-refractivity contribution in [1.29, 1.82) is 0 Å². The number of hydrogen-bond donors (Lipinski definition) is 2. The lowest BCUT2D eigenvalue weighted by molar-refractivity contribution is -0.628. The largest absolute Gasteiger partial charge is 0.543 e. The van der Waals surface area contributed by atoms with E-state index in [-0.39, 0.29) is 26.1 Å². The van der Waals surface area contributed by atoms with Gasteiger partial charge < -0.3 is 24.0 Å². The zero-order valence-corrected chi connectivity index (χ0v) is 28.1. The zero-order valence-electron chi connectivity index (χ0n) is 26.1. The quantitative estimate of drug-likeness (QED) is 0.152. The number of ether oxygens (including phenoxy) is 2. The lowest BCUT2D eigenvalue weighted by Crippen LogP contribution is -2.74. The van der Waals surface area contributed by atoms with Crippen molar-refractivity contribution in [1.82, 2.24) is 5.32 Å². The Kier molecular flexibility index (Phi) is 10.4. The molecule has 2 heterocycles. The first-order valence-corrected chi connectivity index (χ1v) is 18.6. The summed E-state index contributed by atoms with van der Waals surface area (Å²) in [5.41, 5.74) is -0.688. The van der Waals surface area contributed by atoms with Crippen LogP contribution in [-0.4, -0.2) is 60.7 Å². The van der Waals surface area contributed by atoms with Crippen molar-refractivity contribution < 1.29 is 33.3 Å². The van der Waals surface area contributed by atoms with E-state index in [1.54, 1.807) is 0 Å². The molecule has 2 unspecified atom stereocenters. The van der Waals surface area contributed by atoms with Crippen molar-refractivity contribution in [2.24, 2.45) is 10.8 Å². The molecular weight excluding hydrogens is 543 g/mol. The number of amides is 1. The van der Waals surface area contributed by atoms with Crippen molar-refractivity contribution >= 4 is 24.0 Å². The lowest BCUT2D eigenvalue weighted by atomic mass is 9.57.